The second kappa shape index (κ2) is 6.63. The summed E-state index contributed by atoms with van der Waals surface area (Å²) in [5, 5.41) is 6.35. The lowest BCUT2D eigenvalue weighted by molar-refractivity contribution is 0.409. The van der Waals surface area contributed by atoms with Crippen LogP contribution in [-0.4, -0.2) is 18.6 Å². The minimum Gasteiger partial charge on any atom is -0.497 e. The van der Waals surface area contributed by atoms with E-state index in [9.17, 15) is 4.39 Å². The maximum absolute atomic E-state index is 13.9. The number of methoxy groups -OCH3 is 1. The molecule has 2 rings (SSSR count). The number of hydrogen-bond acceptors (Lipinski definition) is 4. The molecule has 0 aliphatic rings. The first-order chi connectivity index (χ1) is 9.20. The minimum absolute atomic E-state index is 0.0362. The highest BCUT2D eigenvalue weighted by atomic mass is 32.1. The average Bonchev–Trinajstić information content (AvgIpc) is 2.91. The van der Waals surface area contributed by atoms with Crippen molar-refractivity contribution in [1.29, 1.82) is 0 Å². The van der Waals surface area contributed by atoms with Crippen LogP contribution in [0.5, 0.6) is 5.75 Å². The Morgan fingerprint density at radius 1 is 1.47 bits per heavy atom. The second-order valence-corrected chi connectivity index (χ2v) is 5.22. The van der Waals surface area contributed by atoms with Gasteiger partial charge in [-0.2, -0.15) is 0 Å². The fraction of sp³-hybridized carbons (Fsp3) is 0.357. The van der Waals surface area contributed by atoms with Crippen LogP contribution in [0.25, 0.3) is 0 Å². The van der Waals surface area contributed by atoms with E-state index in [2.05, 4.69) is 10.3 Å². The summed E-state index contributed by atoms with van der Waals surface area (Å²) < 4.78 is 18.9. The first kappa shape index (κ1) is 14.0. The molecule has 0 amide bonds. The third kappa shape index (κ3) is 3.75. The van der Waals surface area contributed by atoms with Gasteiger partial charge in [0.2, 0.25) is 0 Å². The van der Waals surface area contributed by atoms with Crippen LogP contribution in [0.15, 0.2) is 29.8 Å². The summed E-state index contributed by atoms with van der Waals surface area (Å²) in [6.45, 7) is 2.73. The van der Waals surface area contributed by atoms with Crippen molar-refractivity contribution in [3.8, 4) is 5.75 Å². The number of rotatable bonds is 6. The maximum atomic E-state index is 13.9. The summed E-state index contributed by atoms with van der Waals surface area (Å²) >= 11 is 1.64. The van der Waals surface area contributed by atoms with Crippen molar-refractivity contribution in [2.45, 2.75) is 19.4 Å². The van der Waals surface area contributed by atoms with Crippen molar-refractivity contribution in [1.82, 2.24) is 10.3 Å². The Labute approximate surface area is 116 Å². The zero-order valence-corrected chi connectivity index (χ0v) is 11.8. The Morgan fingerprint density at radius 3 is 2.95 bits per heavy atom. The number of nitrogens with one attached hydrogen (secondary N) is 1. The summed E-state index contributed by atoms with van der Waals surface area (Å²) in [6, 6.07) is 4.91. The quantitative estimate of drug-likeness (QED) is 0.882. The smallest absolute Gasteiger partial charge is 0.131 e. The molecule has 2 aromatic rings. The fourth-order valence-corrected chi connectivity index (χ4v) is 2.49. The highest BCUT2D eigenvalue weighted by molar-refractivity contribution is 7.09. The summed E-state index contributed by atoms with van der Waals surface area (Å²) in [5.74, 6) is 0.296. The molecule has 19 heavy (non-hydrogen) atoms. The van der Waals surface area contributed by atoms with Gasteiger partial charge in [0.15, 0.2) is 0 Å². The molecule has 3 nitrogen and oxygen atoms in total. The molecule has 1 aromatic heterocycles. The van der Waals surface area contributed by atoms with Gasteiger partial charge in [0.1, 0.15) is 11.6 Å². The molecule has 1 atom stereocenters. The van der Waals surface area contributed by atoms with Crippen molar-refractivity contribution < 1.29 is 9.13 Å². The molecule has 0 saturated carbocycles. The van der Waals surface area contributed by atoms with Crippen LogP contribution in [0.4, 0.5) is 4.39 Å². The van der Waals surface area contributed by atoms with Gasteiger partial charge in [0.25, 0.3) is 0 Å². The van der Waals surface area contributed by atoms with Crippen molar-refractivity contribution in [3.63, 3.8) is 0 Å². The Kier molecular flexibility index (Phi) is 4.87. The van der Waals surface area contributed by atoms with E-state index in [4.69, 9.17) is 4.74 Å². The topological polar surface area (TPSA) is 34.1 Å². The lowest BCUT2D eigenvalue weighted by Gasteiger charge is -2.15. The zero-order chi connectivity index (χ0) is 13.7. The molecule has 0 aliphatic carbocycles. The van der Waals surface area contributed by atoms with Gasteiger partial charge in [0.05, 0.1) is 12.1 Å². The first-order valence-corrected chi connectivity index (χ1v) is 7.04. The van der Waals surface area contributed by atoms with E-state index < -0.39 is 0 Å². The number of thiazole rings is 1. The monoisotopic (exact) mass is 280 g/mol. The Morgan fingerprint density at radius 2 is 2.32 bits per heavy atom. The Balaban J connectivity index is 1.90. The maximum Gasteiger partial charge on any atom is 0.131 e. The molecule has 1 aromatic carbocycles. The third-order valence-corrected chi connectivity index (χ3v) is 3.79. The van der Waals surface area contributed by atoms with E-state index in [-0.39, 0.29) is 11.9 Å². The molecule has 0 fully saturated rings. The van der Waals surface area contributed by atoms with Crippen LogP contribution in [0.2, 0.25) is 0 Å². The van der Waals surface area contributed by atoms with Crippen LogP contribution in [0.3, 0.4) is 0 Å². The van der Waals surface area contributed by atoms with E-state index in [1.54, 1.807) is 29.7 Å². The standard InChI is InChI=1S/C14H17FN2OS/c1-10(16-6-5-14-17-7-8-19-14)12-4-3-11(18-2)9-13(12)15/h3-4,7-10,16H,5-6H2,1-2H3. The van der Waals surface area contributed by atoms with Crippen LogP contribution in [0.1, 0.15) is 23.5 Å². The molecule has 5 heteroatoms. The fourth-order valence-electron chi connectivity index (χ4n) is 1.87. The van der Waals surface area contributed by atoms with Crippen LogP contribution in [-0.2, 0) is 6.42 Å². The van der Waals surface area contributed by atoms with Gasteiger partial charge < -0.3 is 10.1 Å². The average molecular weight is 280 g/mol. The highest BCUT2D eigenvalue weighted by Crippen LogP contribution is 2.21. The van der Waals surface area contributed by atoms with E-state index in [1.807, 2.05) is 12.3 Å². The molecule has 0 aliphatic heterocycles. The summed E-state index contributed by atoms with van der Waals surface area (Å²) in [4.78, 5) is 4.21. The number of aromatic nitrogens is 1. The summed E-state index contributed by atoms with van der Waals surface area (Å²) in [5.41, 5.74) is 0.653. The van der Waals surface area contributed by atoms with Gasteiger partial charge in [-0.05, 0) is 13.0 Å². The van der Waals surface area contributed by atoms with Crippen molar-refractivity contribution in [3.05, 3.63) is 46.2 Å². The van der Waals surface area contributed by atoms with Gasteiger partial charge in [-0.3, -0.25) is 0 Å². The Bertz CT molecular complexity index is 516. The largest absolute Gasteiger partial charge is 0.497 e. The lowest BCUT2D eigenvalue weighted by Crippen LogP contribution is -2.22. The lowest BCUT2D eigenvalue weighted by atomic mass is 10.1. The molecular formula is C14H17FN2OS. The van der Waals surface area contributed by atoms with Gasteiger partial charge in [0, 0.05) is 42.2 Å². The molecular weight excluding hydrogens is 263 g/mol. The van der Waals surface area contributed by atoms with Crippen LogP contribution >= 0.6 is 11.3 Å². The molecule has 0 bridgehead atoms. The van der Waals surface area contributed by atoms with Gasteiger partial charge >= 0.3 is 0 Å². The molecule has 102 valence electrons. The van der Waals surface area contributed by atoms with E-state index >= 15 is 0 Å². The van der Waals surface area contributed by atoms with E-state index in [0.29, 0.717) is 11.3 Å². The molecule has 0 radical (unpaired) electrons. The first-order valence-electron chi connectivity index (χ1n) is 6.16. The Hall–Kier alpha value is -1.46. The molecule has 1 heterocycles. The number of benzene rings is 1. The molecule has 0 spiro atoms. The molecule has 0 saturated heterocycles. The summed E-state index contributed by atoms with van der Waals surface area (Å²) in [6.07, 6.45) is 2.66. The van der Waals surface area contributed by atoms with Crippen LogP contribution < -0.4 is 10.1 Å². The zero-order valence-electron chi connectivity index (χ0n) is 11.0. The summed E-state index contributed by atoms with van der Waals surface area (Å²) in [7, 11) is 1.53. The molecule has 1 unspecified atom stereocenters. The van der Waals surface area contributed by atoms with Crippen molar-refractivity contribution >= 4 is 11.3 Å². The third-order valence-electron chi connectivity index (χ3n) is 2.95. The van der Waals surface area contributed by atoms with Crippen molar-refractivity contribution in [2.24, 2.45) is 0 Å². The SMILES string of the molecule is COc1ccc(C(C)NCCc2nccs2)c(F)c1. The van der Waals surface area contributed by atoms with Crippen LogP contribution in [0, 0.1) is 5.82 Å². The van der Waals surface area contributed by atoms with Gasteiger partial charge in [-0.15, -0.1) is 11.3 Å². The predicted molar refractivity (Wildman–Crippen MR) is 75.2 cm³/mol. The molecule has 1 N–H and O–H groups in total. The number of nitrogens with zero attached hydrogens (tertiary/aromatic N) is 1. The second-order valence-electron chi connectivity index (χ2n) is 4.24. The van der Waals surface area contributed by atoms with E-state index in [1.165, 1.54) is 13.2 Å². The number of hydrogen-bond donors (Lipinski definition) is 1. The predicted octanol–water partition coefficient (Wildman–Crippen LogP) is 3.18. The highest BCUT2D eigenvalue weighted by Gasteiger charge is 2.11. The van der Waals surface area contributed by atoms with Crippen molar-refractivity contribution in [2.75, 3.05) is 13.7 Å². The van der Waals surface area contributed by atoms with Gasteiger partial charge in [-0.25, -0.2) is 9.37 Å². The normalized spacial score (nSPS) is 12.4. The number of halogens is 1. The van der Waals surface area contributed by atoms with Gasteiger partial charge in [-0.1, -0.05) is 6.07 Å². The number of ether oxygens (including phenoxy) is 1. The minimum atomic E-state index is -0.242. The van der Waals surface area contributed by atoms with E-state index in [0.717, 1.165) is 18.0 Å².